The summed E-state index contributed by atoms with van der Waals surface area (Å²) in [5.41, 5.74) is 0.172. The standard InChI is InChI=1S/C27H33FN4O2/c1-4-31-10-9-18-15-32(16-19(18)14-31)26(34)22-12-27(3,17(2)11-23(22)28)13-24-20-7-5-6-8-21(20)25(33)30-29-24/h5-8,11-12,17-19H,4,9-10,13-16H2,1-3H3,(H,30,33). The van der Waals surface area contributed by atoms with Crippen molar-refractivity contribution in [2.75, 3.05) is 32.7 Å². The van der Waals surface area contributed by atoms with E-state index in [0.29, 0.717) is 36.7 Å². The van der Waals surface area contributed by atoms with Crippen LogP contribution in [0.15, 0.2) is 52.6 Å². The monoisotopic (exact) mass is 464 g/mol. The van der Waals surface area contributed by atoms with Gasteiger partial charge in [0.15, 0.2) is 0 Å². The van der Waals surface area contributed by atoms with Gasteiger partial charge in [0.1, 0.15) is 5.83 Å². The Morgan fingerprint density at radius 3 is 2.71 bits per heavy atom. The van der Waals surface area contributed by atoms with Crippen molar-refractivity contribution in [2.24, 2.45) is 23.2 Å². The Morgan fingerprint density at radius 1 is 1.21 bits per heavy atom. The van der Waals surface area contributed by atoms with Crippen molar-refractivity contribution in [3.8, 4) is 0 Å². The predicted molar refractivity (Wildman–Crippen MR) is 131 cm³/mol. The topological polar surface area (TPSA) is 69.3 Å². The molecule has 1 aromatic carbocycles. The predicted octanol–water partition coefficient (Wildman–Crippen LogP) is 3.70. The van der Waals surface area contributed by atoms with Crippen LogP contribution < -0.4 is 5.56 Å². The maximum Gasteiger partial charge on any atom is 0.272 e. The largest absolute Gasteiger partial charge is 0.338 e. The van der Waals surface area contributed by atoms with E-state index < -0.39 is 11.2 Å². The first-order valence-corrected chi connectivity index (χ1v) is 12.4. The fraction of sp³-hybridized carbons (Fsp3) is 0.519. The van der Waals surface area contributed by atoms with Gasteiger partial charge in [-0.3, -0.25) is 9.59 Å². The Labute approximate surface area is 199 Å². The second-order valence-electron chi connectivity index (χ2n) is 10.5. The van der Waals surface area contributed by atoms with Gasteiger partial charge in [0, 0.05) is 31.4 Å². The minimum atomic E-state index is -0.514. The summed E-state index contributed by atoms with van der Waals surface area (Å²) in [6.45, 7) is 10.7. The van der Waals surface area contributed by atoms with Crippen LogP contribution >= 0.6 is 0 Å². The number of nitrogens with zero attached hydrogens (tertiary/aromatic N) is 3. The van der Waals surface area contributed by atoms with E-state index in [1.54, 1.807) is 12.1 Å². The van der Waals surface area contributed by atoms with Crippen LogP contribution in [0.25, 0.3) is 10.8 Å². The molecule has 2 fully saturated rings. The zero-order valence-electron chi connectivity index (χ0n) is 20.2. The maximum atomic E-state index is 15.2. The molecule has 0 saturated carbocycles. The normalized spacial score (nSPS) is 29.6. The van der Waals surface area contributed by atoms with E-state index in [4.69, 9.17) is 0 Å². The third-order valence-corrected chi connectivity index (χ3v) is 8.34. The summed E-state index contributed by atoms with van der Waals surface area (Å²) in [6, 6.07) is 7.38. The molecule has 2 aliphatic heterocycles. The number of carbonyl (C=O) groups excluding carboxylic acids is 1. The van der Waals surface area contributed by atoms with Crippen LogP contribution in [0.5, 0.6) is 0 Å². The maximum absolute atomic E-state index is 15.2. The number of H-pyrrole nitrogens is 1. The number of hydrogen-bond donors (Lipinski definition) is 1. The summed E-state index contributed by atoms with van der Waals surface area (Å²) in [5, 5.41) is 8.30. The number of allylic oxidation sites excluding steroid dienone is 2. The zero-order chi connectivity index (χ0) is 24.0. The molecule has 2 saturated heterocycles. The van der Waals surface area contributed by atoms with Crippen LogP contribution in [0.1, 0.15) is 32.9 Å². The van der Waals surface area contributed by atoms with Gasteiger partial charge in [0.05, 0.1) is 16.7 Å². The van der Waals surface area contributed by atoms with Gasteiger partial charge in [-0.2, -0.15) is 5.10 Å². The number of likely N-dealkylation sites (tertiary alicyclic amines) is 2. The molecule has 0 radical (unpaired) electrons. The number of halogens is 1. The van der Waals surface area contributed by atoms with Crippen LogP contribution in [0.2, 0.25) is 0 Å². The lowest BCUT2D eigenvalue weighted by atomic mass is 9.70. The van der Waals surface area contributed by atoms with Gasteiger partial charge in [-0.15, -0.1) is 0 Å². The minimum Gasteiger partial charge on any atom is -0.338 e. The van der Waals surface area contributed by atoms with Gasteiger partial charge >= 0.3 is 0 Å². The van der Waals surface area contributed by atoms with Gasteiger partial charge in [0.2, 0.25) is 0 Å². The highest BCUT2D eigenvalue weighted by atomic mass is 19.1. The number of rotatable bonds is 4. The molecule has 34 heavy (non-hydrogen) atoms. The molecular formula is C27H33FN4O2. The number of hydrogen-bond acceptors (Lipinski definition) is 4. The highest BCUT2D eigenvalue weighted by Crippen LogP contribution is 2.42. The molecule has 3 aliphatic rings. The third-order valence-electron chi connectivity index (χ3n) is 8.34. The average molecular weight is 465 g/mol. The van der Waals surface area contributed by atoms with Crippen LogP contribution in [0, 0.1) is 23.2 Å². The lowest BCUT2D eigenvalue weighted by molar-refractivity contribution is -0.126. The zero-order valence-corrected chi connectivity index (χ0v) is 20.2. The quantitative estimate of drug-likeness (QED) is 0.749. The number of amides is 1. The molecule has 4 unspecified atom stereocenters. The van der Waals surface area contributed by atoms with E-state index in [2.05, 4.69) is 22.0 Å². The van der Waals surface area contributed by atoms with E-state index in [1.165, 1.54) is 0 Å². The number of fused-ring (bicyclic) bond motifs is 2. The molecule has 3 heterocycles. The highest BCUT2D eigenvalue weighted by molar-refractivity contribution is 5.98. The van der Waals surface area contributed by atoms with Crippen molar-refractivity contribution >= 4 is 16.7 Å². The molecule has 1 aromatic heterocycles. The second-order valence-corrected chi connectivity index (χ2v) is 10.5. The van der Waals surface area contributed by atoms with Crippen LogP contribution in [0.3, 0.4) is 0 Å². The highest BCUT2D eigenvalue weighted by Gasteiger charge is 2.42. The molecular weight excluding hydrogens is 431 g/mol. The van der Waals surface area contributed by atoms with Gasteiger partial charge in [-0.25, -0.2) is 9.49 Å². The Bertz CT molecular complexity index is 1230. The Hall–Kier alpha value is -2.80. The van der Waals surface area contributed by atoms with E-state index in [9.17, 15) is 9.59 Å². The van der Waals surface area contributed by atoms with E-state index in [1.807, 2.05) is 43.0 Å². The molecule has 5 rings (SSSR count). The summed E-state index contributed by atoms with van der Waals surface area (Å²) in [6.07, 6.45) is 4.97. The van der Waals surface area contributed by atoms with E-state index in [0.717, 1.165) is 37.1 Å². The lowest BCUT2D eigenvalue weighted by Crippen LogP contribution is -2.39. The van der Waals surface area contributed by atoms with Crippen LogP contribution in [-0.2, 0) is 11.2 Å². The van der Waals surface area contributed by atoms with Gasteiger partial charge in [-0.05, 0) is 54.8 Å². The molecule has 2 aromatic rings. The van der Waals surface area contributed by atoms with E-state index in [-0.39, 0.29) is 23.0 Å². The number of aromatic nitrogens is 2. The van der Waals surface area contributed by atoms with Gasteiger partial charge in [0.25, 0.3) is 11.5 Å². The number of aromatic amines is 1. The first-order valence-electron chi connectivity index (χ1n) is 12.4. The van der Waals surface area contributed by atoms with Crippen molar-refractivity contribution in [1.82, 2.24) is 20.0 Å². The molecule has 0 spiro atoms. The summed E-state index contributed by atoms with van der Waals surface area (Å²) < 4.78 is 15.2. The van der Waals surface area contributed by atoms with Gasteiger partial charge < -0.3 is 9.80 Å². The number of carbonyl (C=O) groups is 1. The second kappa shape index (κ2) is 8.77. The average Bonchev–Trinajstić information content (AvgIpc) is 3.26. The molecule has 1 aliphatic carbocycles. The Kier molecular flexibility index (Phi) is 5.92. The first kappa shape index (κ1) is 23.0. The third kappa shape index (κ3) is 4.00. The van der Waals surface area contributed by atoms with Crippen molar-refractivity contribution < 1.29 is 9.18 Å². The molecule has 0 bridgehead atoms. The Balaban J connectivity index is 1.42. The molecule has 7 heteroatoms. The lowest BCUT2D eigenvalue weighted by Gasteiger charge is -2.35. The van der Waals surface area contributed by atoms with Crippen molar-refractivity contribution in [3.63, 3.8) is 0 Å². The van der Waals surface area contributed by atoms with E-state index >= 15 is 4.39 Å². The van der Waals surface area contributed by atoms with Crippen LogP contribution in [0.4, 0.5) is 4.39 Å². The van der Waals surface area contributed by atoms with Gasteiger partial charge in [-0.1, -0.05) is 45.0 Å². The summed E-state index contributed by atoms with van der Waals surface area (Å²) >= 11 is 0. The molecule has 4 atom stereocenters. The van der Waals surface area contributed by atoms with Crippen molar-refractivity contribution in [2.45, 2.75) is 33.6 Å². The molecule has 1 N–H and O–H groups in total. The summed E-state index contributed by atoms with van der Waals surface area (Å²) in [4.78, 5) is 30.0. The smallest absolute Gasteiger partial charge is 0.272 e. The fourth-order valence-electron chi connectivity index (χ4n) is 5.94. The number of nitrogens with one attached hydrogen (secondary N) is 1. The molecule has 6 nitrogen and oxygen atoms in total. The SMILES string of the molecule is CCN1CCC2CN(C(=O)C3=CC(C)(Cc4n[nH]c(=O)c5ccccc45)C(C)C=C3F)CC2C1. The van der Waals surface area contributed by atoms with Crippen molar-refractivity contribution in [1.29, 1.82) is 0 Å². The summed E-state index contributed by atoms with van der Waals surface area (Å²) in [5.74, 6) is 0.208. The molecule has 1 amide bonds. The summed E-state index contributed by atoms with van der Waals surface area (Å²) in [7, 11) is 0. The molecule has 180 valence electrons. The minimum absolute atomic E-state index is 0.129. The number of benzene rings is 1. The number of piperidine rings is 1. The van der Waals surface area contributed by atoms with Crippen LogP contribution in [-0.4, -0.2) is 58.6 Å². The Morgan fingerprint density at radius 2 is 1.94 bits per heavy atom. The first-order chi connectivity index (χ1) is 16.3. The fourth-order valence-corrected chi connectivity index (χ4v) is 5.94. The van der Waals surface area contributed by atoms with Crippen molar-refractivity contribution in [3.05, 3.63) is 63.9 Å².